The second-order valence-corrected chi connectivity index (χ2v) is 10.7. The van der Waals surface area contributed by atoms with E-state index in [1.807, 2.05) is 35.2 Å². The molecule has 0 bridgehead atoms. The first-order chi connectivity index (χ1) is 20.4. The summed E-state index contributed by atoms with van der Waals surface area (Å²) in [4.78, 5) is 45.3. The maximum atomic E-state index is 14.7. The zero-order chi connectivity index (χ0) is 29.6. The van der Waals surface area contributed by atoms with Gasteiger partial charge in [0.05, 0.1) is 18.7 Å². The number of ether oxygens (including phenoxy) is 1. The van der Waals surface area contributed by atoms with Gasteiger partial charge in [-0.05, 0) is 48.7 Å². The summed E-state index contributed by atoms with van der Waals surface area (Å²) in [5, 5.41) is 0. The van der Waals surface area contributed by atoms with Crippen LogP contribution < -0.4 is 0 Å². The number of esters is 1. The van der Waals surface area contributed by atoms with Crippen molar-refractivity contribution in [3.8, 4) is 0 Å². The molecule has 0 aromatic heterocycles. The summed E-state index contributed by atoms with van der Waals surface area (Å²) in [6.07, 6.45) is -0.0424. The van der Waals surface area contributed by atoms with Crippen LogP contribution in [0.15, 0.2) is 90.1 Å². The number of benzene rings is 3. The third kappa shape index (κ3) is 6.44. The first-order valence-corrected chi connectivity index (χ1v) is 14.4. The second-order valence-electron chi connectivity index (χ2n) is 10.7. The number of carbonyl (C=O) groups is 3. The Hall–Kier alpha value is -4.30. The number of allylic oxidation sites excluding steroid dienone is 1. The molecule has 1 atom stereocenters. The number of carbonyl (C=O) groups excluding carboxylic acids is 3. The topological polar surface area (TPSA) is 70.2 Å². The van der Waals surface area contributed by atoms with Gasteiger partial charge in [-0.25, -0.2) is 9.18 Å². The third-order valence-corrected chi connectivity index (χ3v) is 8.05. The van der Waals surface area contributed by atoms with E-state index in [1.54, 1.807) is 49.1 Å². The lowest BCUT2D eigenvalue weighted by Gasteiger charge is -2.35. The molecule has 1 unspecified atom stereocenters. The highest BCUT2D eigenvalue weighted by molar-refractivity contribution is 5.96. The van der Waals surface area contributed by atoms with Crippen LogP contribution in [0, 0.1) is 5.82 Å². The molecule has 1 fully saturated rings. The molecule has 5 rings (SSSR count). The van der Waals surface area contributed by atoms with E-state index in [0.29, 0.717) is 35.5 Å². The predicted molar refractivity (Wildman–Crippen MR) is 158 cm³/mol. The van der Waals surface area contributed by atoms with Crippen LogP contribution >= 0.6 is 0 Å². The van der Waals surface area contributed by atoms with E-state index in [0.717, 1.165) is 25.2 Å². The zero-order valence-corrected chi connectivity index (χ0v) is 24.1. The Kier molecular flexibility index (Phi) is 9.12. The fourth-order valence-electron chi connectivity index (χ4n) is 5.77. The van der Waals surface area contributed by atoms with E-state index in [1.165, 1.54) is 11.6 Å². The second kappa shape index (κ2) is 13.1. The molecular weight excluding hydrogens is 533 g/mol. The number of nitrogens with zero attached hydrogens (tertiary/aromatic N) is 3. The van der Waals surface area contributed by atoms with Gasteiger partial charge in [-0.15, -0.1) is 0 Å². The Bertz CT molecular complexity index is 1460. The van der Waals surface area contributed by atoms with Gasteiger partial charge in [0.25, 0.3) is 5.91 Å². The summed E-state index contributed by atoms with van der Waals surface area (Å²) in [6, 6.07) is 23.8. The van der Waals surface area contributed by atoms with Gasteiger partial charge in [0.2, 0.25) is 5.91 Å². The van der Waals surface area contributed by atoms with E-state index in [2.05, 4.69) is 17.0 Å². The zero-order valence-electron chi connectivity index (χ0n) is 24.1. The van der Waals surface area contributed by atoms with Crippen molar-refractivity contribution in [2.45, 2.75) is 39.3 Å². The van der Waals surface area contributed by atoms with Crippen molar-refractivity contribution in [2.24, 2.45) is 0 Å². The smallest absolute Gasteiger partial charge is 0.336 e. The van der Waals surface area contributed by atoms with Crippen LogP contribution in [-0.2, 0) is 27.4 Å². The first-order valence-electron chi connectivity index (χ1n) is 14.4. The number of amides is 2. The molecule has 42 heavy (non-hydrogen) atoms. The van der Waals surface area contributed by atoms with Crippen molar-refractivity contribution in [2.75, 3.05) is 32.8 Å². The fraction of sp³-hybridized carbons (Fsp3) is 0.324. The molecule has 1 saturated heterocycles. The molecule has 3 aromatic rings. The third-order valence-electron chi connectivity index (χ3n) is 8.05. The van der Waals surface area contributed by atoms with E-state index < -0.39 is 17.7 Å². The molecule has 0 spiro atoms. The molecule has 0 radical (unpaired) electrons. The van der Waals surface area contributed by atoms with Gasteiger partial charge in [0, 0.05) is 56.3 Å². The van der Waals surface area contributed by atoms with Crippen LogP contribution in [-0.4, -0.2) is 65.3 Å². The van der Waals surface area contributed by atoms with Crippen molar-refractivity contribution in [3.63, 3.8) is 0 Å². The van der Waals surface area contributed by atoms with Crippen LogP contribution in [0.1, 0.15) is 53.2 Å². The van der Waals surface area contributed by atoms with Gasteiger partial charge in [-0.3, -0.25) is 14.5 Å². The maximum absolute atomic E-state index is 14.7. The molecule has 8 heteroatoms. The Labute approximate surface area is 246 Å². The molecule has 7 nitrogen and oxygen atoms in total. The number of piperazine rings is 1. The van der Waals surface area contributed by atoms with Crippen molar-refractivity contribution < 1.29 is 23.5 Å². The van der Waals surface area contributed by atoms with Gasteiger partial charge in [0.15, 0.2) is 0 Å². The number of rotatable bonds is 8. The molecular formula is C34H36FN3O4. The first kappa shape index (κ1) is 29.2. The summed E-state index contributed by atoms with van der Waals surface area (Å²) in [7, 11) is 0. The largest absolute Gasteiger partial charge is 0.463 e. The van der Waals surface area contributed by atoms with Crippen LogP contribution in [0.25, 0.3) is 0 Å². The minimum atomic E-state index is -0.720. The minimum Gasteiger partial charge on any atom is -0.463 e. The van der Waals surface area contributed by atoms with Crippen LogP contribution in [0.3, 0.4) is 0 Å². The molecule has 0 N–H and O–H groups in total. The van der Waals surface area contributed by atoms with Crippen molar-refractivity contribution >= 4 is 17.8 Å². The normalized spacial score (nSPS) is 17.9. The average molecular weight is 570 g/mol. The Morgan fingerprint density at radius 2 is 1.50 bits per heavy atom. The summed E-state index contributed by atoms with van der Waals surface area (Å²) >= 11 is 0. The van der Waals surface area contributed by atoms with Gasteiger partial charge < -0.3 is 14.5 Å². The Balaban J connectivity index is 1.27. The maximum Gasteiger partial charge on any atom is 0.336 e. The van der Waals surface area contributed by atoms with Crippen LogP contribution in [0.5, 0.6) is 0 Å². The molecule has 2 amide bonds. The lowest BCUT2D eigenvalue weighted by Crippen LogP contribution is -2.48. The van der Waals surface area contributed by atoms with E-state index in [9.17, 15) is 18.8 Å². The summed E-state index contributed by atoms with van der Waals surface area (Å²) in [6.45, 7) is 7.65. The summed E-state index contributed by atoms with van der Waals surface area (Å²) < 4.78 is 20.0. The molecule has 2 aliphatic heterocycles. The van der Waals surface area contributed by atoms with Gasteiger partial charge in [-0.1, -0.05) is 60.7 Å². The quantitative estimate of drug-likeness (QED) is 0.352. The van der Waals surface area contributed by atoms with Gasteiger partial charge in [0.1, 0.15) is 5.82 Å². The monoisotopic (exact) mass is 569 g/mol. The minimum absolute atomic E-state index is 0.0108. The average Bonchev–Trinajstić information content (AvgIpc) is 3.00. The highest BCUT2D eigenvalue weighted by Crippen LogP contribution is 2.38. The lowest BCUT2D eigenvalue weighted by molar-refractivity contribution is -0.140. The molecule has 3 aromatic carbocycles. The van der Waals surface area contributed by atoms with Crippen molar-refractivity contribution in [1.29, 1.82) is 0 Å². The van der Waals surface area contributed by atoms with E-state index >= 15 is 0 Å². The number of hydrogen-bond donors (Lipinski definition) is 0. The van der Waals surface area contributed by atoms with Gasteiger partial charge in [-0.2, -0.15) is 0 Å². The number of halogens is 1. The van der Waals surface area contributed by atoms with Crippen molar-refractivity contribution in [1.82, 2.24) is 14.7 Å². The highest BCUT2D eigenvalue weighted by Gasteiger charge is 2.38. The molecule has 2 heterocycles. The fourth-order valence-corrected chi connectivity index (χ4v) is 5.77. The highest BCUT2D eigenvalue weighted by atomic mass is 19.1. The predicted octanol–water partition coefficient (Wildman–Crippen LogP) is 5.14. The van der Waals surface area contributed by atoms with E-state index in [4.69, 9.17) is 4.74 Å². The SMILES string of the molecule is CCOC(=O)C1=C(C)N(Cc2ccc(C(=O)N3CCN(Cc4ccccc4)CC3)cc2)C(=O)CC1c1ccccc1F. The molecule has 0 aliphatic carbocycles. The Morgan fingerprint density at radius 3 is 2.17 bits per heavy atom. The van der Waals surface area contributed by atoms with Crippen LogP contribution in [0.2, 0.25) is 0 Å². The van der Waals surface area contributed by atoms with Crippen molar-refractivity contribution in [3.05, 3.63) is 118 Å². The summed E-state index contributed by atoms with van der Waals surface area (Å²) in [5.74, 6) is -1.95. The van der Waals surface area contributed by atoms with E-state index in [-0.39, 0.29) is 31.4 Å². The lowest BCUT2D eigenvalue weighted by atomic mass is 9.83. The molecule has 218 valence electrons. The molecule has 2 aliphatic rings. The van der Waals surface area contributed by atoms with Gasteiger partial charge >= 0.3 is 5.97 Å². The summed E-state index contributed by atoms with van der Waals surface area (Å²) in [5.41, 5.74) is 3.73. The Morgan fingerprint density at radius 1 is 0.857 bits per heavy atom. The number of hydrogen-bond acceptors (Lipinski definition) is 5. The molecule has 0 saturated carbocycles. The standard InChI is InChI=1S/C34H36FN3O4/c1-3-42-34(41)32-24(2)38(31(39)21-29(32)28-11-7-8-12-30(28)35)23-26-13-15-27(16-14-26)33(40)37-19-17-36(18-20-37)22-25-9-5-4-6-10-25/h4-16,29H,3,17-23H2,1-2H3. The van der Waals surface area contributed by atoms with Crippen LogP contribution in [0.4, 0.5) is 4.39 Å².